The molecule has 6 heteroatoms. The van der Waals surface area contributed by atoms with Crippen molar-refractivity contribution in [1.29, 1.82) is 0 Å². The van der Waals surface area contributed by atoms with Gasteiger partial charge in [0.25, 0.3) is 0 Å². The smallest absolute Gasteiger partial charge is 0.313 e. The Kier molecular flexibility index (Phi) is 6.57. The maximum Gasteiger partial charge on any atom is 0.313 e. The van der Waals surface area contributed by atoms with Crippen LogP contribution >= 0.6 is 0 Å². The highest BCUT2D eigenvalue weighted by Gasteiger charge is 2.67. The normalized spacial score (nSPS) is 47.2. The standard InChI is InChI=1S/C34H50O6/c1-20(35)39-26-13-14-31(6)24(29(26,3)4)12-15-34(9)25(31)11-10-22-23-18-32(7,28(37)38)27(40-21(2)36)19-30(23,5)16-17-33(22,34)8/h10-11,24-27H,12-19H2,1-9H3,(H,37,38)/t24-,25+,26-,27+,30-,31+,32-,33+,34-/m0/s1. The highest BCUT2D eigenvalue weighted by atomic mass is 16.5. The summed E-state index contributed by atoms with van der Waals surface area (Å²) in [7, 11) is 0. The van der Waals surface area contributed by atoms with Crippen LogP contribution in [0.25, 0.3) is 0 Å². The number of aliphatic carboxylic acids is 1. The highest BCUT2D eigenvalue weighted by Crippen LogP contribution is 2.74. The minimum absolute atomic E-state index is 0.0351. The van der Waals surface area contributed by atoms with Gasteiger partial charge in [-0.15, -0.1) is 0 Å². The molecule has 6 nitrogen and oxygen atoms in total. The Bertz CT molecular complexity index is 1200. The SMILES string of the molecule is CC(=O)O[C@H]1CC[C@@]2(C)[C@H]3C=CC4=C5C[C@](C)(C(=O)O)[C@H](OC(C)=O)C[C@]5(C)CC[C@@]4(C)[C@@]3(C)CC[C@H]2C1(C)C. The van der Waals surface area contributed by atoms with E-state index in [-0.39, 0.29) is 39.1 Å². The Morgan fingerprint density at radius 3 is 2.08 bits per heavy atom. The van der Waals surface area contributed by atoms with Gasteiger partial charge in [-0.25, -0.2) is 0 Å². The third-order valence-electron chi connectivity index (χ3n) is 13.4. The molecule has 0 bridgehead atoms. The second-order valence-corrected chi connectivity index (χ2v) is 15.8. The molecule has 3 fully saturated rings. The molecular weight excluding hydrogens is 504 g/mol. The first kappa shape index (κ1) is 29.4. The van der Waals surface area contributed by atoms with Gasteiger partial charge in [-0.1, -0.05) is 59.3 Å². The molecule has 0 aromatic carbocycles. The van der Waals surface area contributed by atoms with Crippen LogP contribution in [0.4, 0.5) is 0 Å². The molecule has 0 radical (unpaired) electrons. The van der Waals surface area contributed by atoms with Crippen molar-refractivity contribution in [3.05, 3.63) is 23.3 Å². The van der Waals surface area contributed by atoms with Gasteiger partial charge in [-0.3, -0.25) is 14.4 Å². The summed E-state index contributed by atoms with van der Waals surface area (Å²) in [5.41, 5.74) is 1.21. The largest absolute Gasteiger partial charge is 0.481 e. The summed E-state index contributed by atoms with van der Waals surface area (Å²) in [4.78, 5) is 36.6. The lowest BCUT2D eigenvalue weighted by atomic mass is 9.35. The molecule has 0 amide bonds. The molecule has 222 valence electrons. The van der Waals surface area contributed by atoms with Crippen LogP contribution in [0.3, 0.4) is 0 Å². The molecule has 0 unspecified atom stereocenters. The minimum Gasteiger partial charge on any atom is -0.481 e. The lowest BCUT2D eigenvalue weighted by Crippen LogP contribution is -2.63. The Morgan fingerprint density at radius 1 is 0.850 bits per heavy atom. The molecule has 40 heavy (non-hydrogen) atoms. The third kappa shape index (κ3) is 3.82. The number of carboxylic acids is 1. The quantitative estimate of drug-likeness (QED) is 0.369. The number of carbonyl (C=O) groups is 3. The lowest BCUT2D eigenvalue weighted by Gasteiger charge is -2.69. The molecule has 5 rings (SSSR count). The van der Waals surface area contributed by atoms with Crippen molar-refractivity contribution in [2.75, 3.05) is 0 Å². The Labute approximate surface area is 240 Å². The zero-order valence-corrected chi connectivity index (χ0v) is 26.1. The van der Waals surface area contributed by atoms with Gasteiger partial charge in [-0.2, -0.15) is 0 Å². The maximum absolute atomic E-state index is 12.7. The second kappa shape index (κ2) is 8.94. The van der Waals surface area contributed by atoms with Crippen molar-refractivity contribution in [1.82, 2.24) is 0 Å². The zero-order valence-electron chi connectivity index (χ0n) is 26.1. The van der Waals surface area contributed by atoms with Gasteiger partial charge in [-0.05, 0) is 97.4 Å². The molecule has 0 aromatic heterocycles. The van der Waals surface area contributed by atoms with E-state index in [1.807, 2.05) is 0 Å². The molecule has 9 atom stereocenters. The highest BCUT2D eigenvalue weighted by molar-refractivity contribution is 5.77. The molecule has 0 heterocycles. The van der Waals surface area contributed by atoms with Crippen molar-refractivity contribution in [2.24, 2.45) is 44.3 Å². The summed E-state index contributed by atoms with van der Waals surface area (Å²) in [6, 6.07) is 0. The van der Waals surface area contributed by atoms with E-state index >= 15 is 0 Å². The first-order valence-corrected chi connectivity index (χ1v) is 15.4. The van der Waals surface area contributed by atoms with Crippen molar-refractivity contribution < 1.29 is 29.0 Å². The van der Waals surface area contributed by atoms with Crippen LogP contribution in [0.5, 0.6) is 0 Å². The van der Waals surface area contributed by atoms with Gasteiger partial charge in [0.1, 0.15) is 17.6 Å². The third-order valence-corrected chi connectivity index (χ3v) is 13.4. The molecule has 5 aliphatic rings. The average Bonchev–Trinajstić information content (AvgIpc) is 2.82. The Balaban J connectivity index is 1.59. The number of allylic oxidation sites excluding steroid dienone is 4. The summed E-state index contributed by atoms with van der Waals surface area (Å²) in [5.74, 6) is -0.669. The van der Waals surface area contributed by atoms with Gasteiger partial charge < -0.3 is 14.6 Å². The van der Waals surface area contributed by atoms with Crippen LogP contribution in [-0.2, 0) is 23.9 Å². The van der Waals surface area contributed by atoms with Gasteiger partial charge in [0.2, 0.25) is 0 Å². The first-order valence-electron chi connectivity index (χ1n) is 15.4. The number of fused-ring (bicyclic) bond motifs is 6. The van der Waals surface area contributed by atoms with Crippen LogP contribution < -0.4 is 0 Å². The number of hydrogen-bond donors (Lipinski definition) is 1. The number of hydrogen-bond acceptors (Lipinski definition) is 5. The van der Waals surface area contributed by atoms with E-state index < -0.39 is 23.5 Å². The molecular formula is C34H50O6. The van der Waals surface area contributed by atoms with E-state index in [0.717, 1.165) is 38.5 Å². The van der Waals surface area contributed by atoms with Gasteiger partial charge in [0.05, 0.1) is 0 Å². The van der Waals surface area contributed by atoms with E-state index in [1.165, 1.54) is 25.0 Å². The number of carbonyl (C=O) groups excluding carboxylic acids is 2. The average molecular weight is 555 g/mol. The fourth-order valence-corrected chi connectivity index (χ4v) is 10.7. The molecule has 5 aliphatic carbocycles. The van der Waals surface area contributed by atoms with Crippen LogP contribution in [0.15, 0.2) is 23.3 Å². The van der Waals surface area contributed by atoms with E-state index in [0.29, 0.717) is 24.7 Å². The monoisotopic (exact) mass is 554 g/mol. The van der Waals surface area contributed by atoms with Crippen LogP contribution in [0.2, 0.25) is 0 Å². The zero-order chi connectivity index (χ0) is 29.7. The summed E-state index contributed by atoms with van der Waals surface area (Å²) < 4.78 is 11.5. The van der Waals surface area contributed by atoms with Crippen molar-refractivity contribution in [2.45, 2.75) is 126 Å². The molecule has 0 aromatic rings. The predicted molar refractivity (Wildman–Crippen MR) is 153 cm³/mol. The van der Waals surface area contributed by atoms with Crippen LogP contribution in [0.1, 0.15) is 114 Å². The number of rotatable bonds is 3. The van der Waals surface area contributed by atoms with Crippen LogP contribution in [0, 0.1) is 44.3 Å². The summed E-state index contributed by atoms with van der Waals surface area (Å²) >= 11 is 0. The van der Waals surface area contributed by atoms with Crippen molar-refractivity contribution >= 4 is 17.9 Å². The van der Waals surface area contributed by atoms with Gasteiger partial charge in [0, 0.05) is 19.3 Å². The maximum atomic E-state index is 12.7. The molecule has 1 N–H and O–H groups in total. The topological polar surface area (TPSA) is 89.9 Å². The molecule has 0 aliphatic heterocycles. The Hall–Kier alpha value is -2.11. The van der Waals surface area contributed by atoms with Gasteiger partial charge >= 0.3 is 17.9 Å². The fraction of sp³-hybridized carbons (Fsp3) is 0.794. The molecule has 0 spiro atoms. The predicted octanol–water partition coefficient (Wildman–Crippen LogP) is 7.27. The summed E-state index contributed by atoms with van der Waals surface area (Å²) in [5, 5.41) is 10.4. The van der Waals surface area contributed by atoms with Crippen molar-refractivity contribution in [3.8, 4) is 0 Å². The summed E-state index contributed by atoms with van der Waals surface area (Å²) in [6.45, 7) is 18.9. The summed E-state index contributed by atoms with van der Waals surface area (Å²) in [6.07, 6.45) is 11.2. The van der Waals surface area contributed by atoms with Crippen molar-refractivity contribution in [3.63, 3.8) is 0 Å². The fourth-order valence-electron chi connectivity index (χ4n) is 10.7. The van der Waals surface area contributed by atoms with E-state index in [4.69, 9.17) is 9.47 Å². The van der Waals surface area contributed by atoms with E-state index in [9.17, 15) is 19.5 Å². The van der Waals surface area contributed by atoms with Crippen LogP contribution in [-0.4, -0.2) is 35.2 Å². The number of ether oxygens (including phenoxy) is 2. The molecule has 0 saturated heterocycles. The molecule has 3 saturated carbocycles. The lowest BCUT2D eigenvalue weighted by molar-refractivity contribution is -0.198. The number of carboxylic acid groups (broad SMARTS) is 1. The first-order chi connectivity index (χ1) is 18.3. The Morgan fingerprint density at radius 2 is 1.48 bits per heavy atom. The minimum atomic E-state index is -1.15. The second-order valence-electron chi connectivity index (χ2n) is 15.8. The van der Waals surface area contributed by atoms with Gasteiger partial charge in [0.15, 0.2) is 0 Å². The number of esters is 2. The van der Waals surface area contributed by atoms with E-state index in [1.54, 1.807) is 6.92 Å². The van der Waals surface area contributed by atoms with E-state index in [2.05, 4.69) is 53.7 Å².